The molecule has 1 heterocycles. The van der Waals surface area contributed by atoms with E-state index in [2.05, 4.69) is 18.7 Å². The van der Waals surface area contributed by atoms with Crippen LogP contribution in [-0.2, 0) is 4.74 Å². The molecule has 15 heavy (non-hydrogen) atoms. The number of ether oxygens (including phenoxy) is 1. The lowest BCUT2D eigenvalue weighted by molar-refractivity contribution is 0.0292. The zero-order valence-electron chi connectivity index (χ0n) is 10.5. The molecule has 1 aliphatic rings. The molecule has 0 radical (unpaired) electrons. The fraction of sp³-hybridized carbons (Fsp3) is 1.00. The van der Waals surface area contributed by atoms with Gasteiger partial charge in [0, 0.05) is 19.6 Å². The lowest BCUT2D eigenvalue weighted by Gasteiger charge is -2.30. The average Bonchev–Trinajstić information content (AvgIpc) is 2.28. The second-order valence-corrected chi connectivity index (χ2v) is 4.71. The van der Waals surface area contributed by atoms with Gasteiger partial charge in [0.25, 0.3) is 0 Å². The Hall–Kier alpha value is -0.0800. The molecule has 1 saturated heterocycles. The van der Waals surface area contributed by atoms with Gasteiger partial charge in [0.1, 0.15) is 0 Å². The van der Waals surface area contributed by atoms with Crippen molar-refractivity contribution < 1.29 is 4.74 Å². The van der Waals surface area contributed by atoms with Crippen LogP contribution in [0.4, 0.5) is 0 Å². The van der Waals surface area contributed by atoms with Crippen molar-refractivity contribution >= 4 is 0 Å². The van der Waals surface area contributed by atoms with Gasteiger partial charge in [-0.15, -0.1) is 0 Å². The number of hydrogen-bond acceptors (Lipinski definition) is 2. The fourth-order valence-electron chi connectivity index (χ4n) is 2.38. The molecule has 0 aromatic heterocycles. The quantitative estimate of drug-likeness (QED) is 0.645. The monoisotopic (exact) mass is 213 g/mol. The third-order valence-electron chi connectivity index (χ3n) is 3.28. The first-order valence-electron chi connectivity index (χ1n) is 6.66. The molecule has 1 rings (SSSR count). The lowest BCUT2D eigenvalue weighted by atomic mass is 9.96. The van der Waals surface area contributed by atoms with E-state index in [1.54, 1.807) is 0 Å². The highest BCUT2D eigenvalue weighted by Gasteiger charge is 2.15. The van der Waals surface area contributed by atoms with Gasteiger partial charge in [-0.2, -0.15) is 0 Å². The maximum atomic E-state index is 5.38. The molecule has 2 nitrogen and oxygen atoms in total. The van der Waals surface area contributed by atoms with Gasteiger partial charge in [-0.25, -0.2) is 0 Å². The first-order chi connectivity index (χ1) is 7.36. The SMILES string of the molecule is CCCCC(CCC)CN1CCOCC1. The molecule has 2 heteroatoms. The van der Waals surface area contributed by atoms with Crippen molar-refractivity contribution in [2.45, 2.75) is 46.0 Å². The van der Waals surface area contributed by atoms with Crippen LogP contribution in [0.25, 0.3) is 0 Å². The number of morpholine rings is 1. The van der Waals surface area contributed by atoms with Crippen molar-refractivity contribution in [3.05, 3.63) is 0 Å². The second-order valence-electron chi connectivity index (χ2n) is 4.71. The Morgan fingerprint density at radius 3 is 2.40 bits per heavy atom. The van der Waals surface area contributed by atoms with Gasteiger partial charge in [0.15, 0.2) is 0 Å². The topological polar surface area (TPSA) is 12.5 Å². The van der Waals surface area contributed by atoms with Crippen LogP contribution in [0.15, 0.2) is 0 Å². The van der Waals surface area contributed by atoms with Gasteiger partial charge in [-0.3, -0.25) is 4.90 Å². The van der Waals surface area contributed by atoms with Crippen LogP contribution in [0.3, 0.4) is 0 Å². The van der Waals surface area contributed by atoms with Gasteiger partial charge in [-0.1, -0.05) is 33.1 Å². The third-order valence-corrected chi connectivity index (χ3v) is 3.28. The van der Waals surface area contributed by atoms with Crippen LogP contribution in [-0.4, -0.2) is 37.7 Å². The first kappa shape index (κ1) is 13.0. The van der Waals surface area contributed by atoms with Gasteiger partial charge in [0.2, 0.25) is 0 Å². The summed E-state index contributed by atoms with van der Waals surface area (Å²) in [7, 11) is 0. The van der Waals surface area contributed by atoms with Gasteiger partial charge < -0.3 is 4.74 Å². The van der Waals surface area contributed by atoms with Crippen molar-refractivity contribution in [3.8, 4) is 0 Å². The summed E-state index contributed by atoms with van der Waals surface area (Å²) in [6.45, 7) is 10.1. The van der Waals surface area contributed by atoms with Gasteiger partial charge in [-0.05, 0) is 18.8 Å². The first-order valence-corrected chi connectivity index (χ1v) is 6.66. The van der Waals surface area contributed by atoms with E-state index in [0.717, 1.165) is 32.2 Å². The molecule has 0 bridgehead atoms. The molecule has 0 spiro atoms. The van der Waals surface area contributed by atoms with E-state index >= 15 is 0 Å². The molecule has 1 fully saturated rings. The maximum absolute atomic E-state index is 5.38. The second kappa shape index (κ2) is 8.12. The molecular weight excluding hydrogens is 186 g/mol. The predicted octanol–water partition coefficient (Wildman–Crippen LogP) is 2.93. The smallest absolute Gasteiger partial charge is 0.0594 e. The Balaban J connectivity index is 2.21. The molecule has 90 valence electrons. The lowest BCUT2D eigenvalue weighted by Crippen LogP contribution is -2.39. The van der Waals surface area contributed by atoms with E-state index in [0.29, 0.717) is 0 Å². The molecule has 0 saturated carbocycles. The predicted molar refractivity (Wildman–Crippen MR) is 65.2 cm³/mol. The number of nitrogens with zero attached hydrogens (tertiary/aromatic N) is 1. The zero-order valence-corrected chi connectivity index (χ0v) is 10.5. The number of hydrogen-bond donors (Lipinski definition) is 0. The molecule has 0 amide bonds. The summed E-state index contributed by atoms with van der Waals surface area (Å²) in [6.07, 6.45) is 6.89. The third kappa shape index (κ3) is 5.53. The summed E-state index contributed by atoms with van der Waals surface area (Å²) >= 11 is 0. The molecule has 1 unspecified atom stereocenters. The Bertz CT molecular complexity index is 143. The van der Waals surface area contributed by atoms with Crippen LogP contribution >= 0.6 is 0 Å². The largest absolute Gasteiger partial charge is 0.379 e. The Kier molecular flexibility index (Phi) is 7.03. The van der Waals surface area contributed by atoms with Crippen LogP contribution in [0.2, 0.25) is 0 Å². The number of rotatable bonds is 7. The van der Waals surface area contributed by atoms with E-state index in [1.807, 2.05) is 0 Å². The summed E-state index contributed by atoms with van der Waals surface area (Å²) in [5.74, 6) is 0.924. The highest BCUT2D eigenvalue weighted by molar-refractivity contribution is 4.68. The summed E-state index contributed by atoms with van der Waals surface area (Å²) in [5.41, 5.74) is 0. The molecule has 1 aliphatic heterocycles. The Labute approximate surface area is 95.0 Å². The molecule has 1 atom stereocenters. The van der Waals surface area contributed by atoms with Crippen molar-refractivity contribution in [2.75, 3.05) is 32.8 Å². The van der Waals surface area contributed by atoms with Crippen LogP contribution in [0.1, 0.15) is 46.0 Å². The van der Waals surface area contributed by atoms with E-state index in [-0.39, 0.29) is 0 Å². The standard InChI is InChI=1S/C13H27NO/c1-3-5-7-13(6-4-2)12-14-8-10-15-11-9-14/h13H,3-12H2,1-2H3. The highest BCUT2D eigenvalue weighted by atomic mass is 16.5. The normalized spacial score (nSPS) is 20.4. The molecule has 0 aliphatic carbocycles. The molecule has 0 aromatic rings. The van der Waals surface area contributed by atoms with Crippen molar-refractivity contribution in [1.29, 1.82) is 0 Å². The average molecular weight is 213 g/mol. The zero-order chi connectivity index (χ0) is 10.9. The summed E-state index contributed by atoms with van der Waals surface area (Å²) in [6, 6.07) is 0. The van der Waals surface area contributed by atoms with Crippen molar-refractivity contribution in [2.24, 2.45) is 5.92 Å². The number of unbranched alkanes of at least 4 members (excludes halogenated alkanes) is 1. The van der Waals surface area contributed by atoms with Crippen LogP contribution in [0, 0.1) is 5.92 Å². The van der Waals surface area contributed by atoms with E-state index in [4.69, 9.17) is 4.74 Å². The van der Waals surface area contributed by atoms with Gasteiger partial charge in [0.05, 0.1) is 13.2 Å². The van der Waals surface area contributed by atoms with Crippen molar-refractivity contribution in [1.82, 2.24) is 4.90 Å². The minimum atomic E-state index is 0.924. The summed E-state index contributed by atoms with van der Waals surface area (Å²) in [5, 5.41) is 0. The summed E-state index contributed by atoms with van der Waals surface area (Å²) < 4.78 is 5.38. The minimum absolute atomic E-state index is 0.924. The minimum Gasteiger partial charge on any atom is -0.379 e. The highest BCUT2D eigenvalue weighted by Crippen LogP contribution is 2.17. The van der Waals surface area contributed by atoms with Crippen LogP contribution in [0.5, 0.6) is 0 Å². The molecule has 0 N–H and O–H groups in total. The van der Waals surface area contributed by atoms with Crippen molar-refractivity contribution in [3.63, 3.8) is 0 Å². The van der Waals surface area contributed by atoms with Crippen LogP contribution < -0.4 is 0 Å². The Morgan fingerprint density at radius 1 is 1.07 bits per heavy atom. The molecule has 0 aromatic carbocycles. The Morgan fingerprint density at radius 2 is 1.80 bits per heavy atom. The molecular formula is C13H27NO. The summed E-state index contributed by atoms with van der Waals surface area (Å²) in [4.78, 5) is 2.58. The van der Waals surface area contributed by atoms with Gasteiger partial charge >= 0.3 is 0 Å². The fourth-order valence-corrected chi connectivity index (χ4v) is 2.38. The van der Waals surface area contributed by atoms with E-state index < -0.39 is 0 Å². The van der Waals surface area contributed by atoms with E-state index in [1.165, 1.54) is 38.6 Å². The van der Waals surface area contributed by atoms with E-state index in [9.17, 15) is 0 Å². The maximum Gasteiger partial charge on any atom is 0.0594 e.